The molecule has 1 heterocycles. The Kier molecular flexibility index (Phi) is 3.66. The molecule has 2 aromatic rings. The summed E-state index contributed by atoms with van der Waals surface area (Å²) in [6.45, 7) is 0. The van der Waals surface area contributed by atoms with E-state index in [1.807, 2.05) is 0 Å². The molecule has 1 aromatic heterocycles. The Hall–Kier alpha value is -1.76. The number of rotatable bonds is 3. The van der Waals surface area contributed by atoms with Crippen molar-refractivity contribution in [2.75, 3.05) is 20.0 Å². The first-order chi connectivity index (χ1) is 9.01. The fraction of sp³-hybridized carbons (Fsp3) is 0.250. The molecule has 0 atom stereocenters. The topological polar surface area (TPSA) is 62.3 Å². The standard InChI is InChI=1S/C12H13BrFN3O2/c1-17-12(15)6(5-16-17)9-10(13)7(14)4-8(18-2)11(9)19-3/h4-5H,15H2,1-3H3. The van der Waals surface area contributed by atoms with Gasteiger partial charge in [0.2, 0.25) is 0 Å². The van der Waals surface area contributed by atoms with E-state index in [0.717, 1.165) is 0 Å². The summed E-state index contributed by atoms with van der Waals surface area (Å²) in [4.78, 5) is 0. The van der Waals surface area contributed by atoms with Crippen molar-refractivity contribution in [3.05, 3.63) is 22.6 Å². The number of aryl methyl sites for hydroxylation is 1. The maximum atomic E-state index is 13.9. The van der Waals surface area contributed by atoms with Crippen LogP contribution in [0, 0.1) is 5.82 Å². The molecule has 7 heteroatoms. The Bertz CT molecular complexity index is 628. The van der Waals surface area contributed by atoms with Gasteiger partial charge in [0.15, 0.2) is 11.5 Å². The monoisotopic (exact) mass is 329 g/mol. The molecule has 2 rings (SSSR count). The van der Waals surface area contributed by atoms with Gasteiger partial charge in [-0.2, -0.15) is 5.10 Å². The molecule has 2 N–H and O–H groups in total. The van der Waals surface area contributed by atoms with Crippen molar-refractivity contribution in [1.29, 1.82) is 0 Å². The van der Waals surface area contributed by atoms with E-state index < -0.39 is 5.82 Å². The molecule has 19 heavy (non-hydrogen) atoms. The van der Waals surface area contributed by atoms with Crippen molar-refractivity contribution in [1.82, 2.24) is 9.78 Å². The van der Waals surface area contributed by atoms with Gasteiger partial charge in [0.25, 0.3) is 0 Å². The lowest BCUT2D eigenvalue weighted by molar-refractivity contribution is 0.353. The largest absolute Gasteiger partial charge is 0.493 e. The second-order valence-corrected chi connectivity index (χ2v) is 4.64. The van der Waals surface area contributed by atoms with Crippen molar-refractivity contribution >= 4 is 21.7 Å². The number of nitrogen functional groups attached to an aromatic ring is 1. The quantitative estimate of drug-likeness (QED) is 0.940. The Morgan fingerprint density at radius 1 is 1.37 bits per heavy atom. The lowest BCUT2D eigenvalue weighted by atomic mass is 10.1. The number of benzene rings is 1. The molecule has 0 radical (unpaired) electrons. The van der Waals surface area contributed by atoms with E-state index in [1.54, 1.807) is 13.2 Å². The minimum atomic E-state index is -0.462. The van der Waals surface area contributed by atoms with Crippen LogP contribution < -0.4 is 15.2 Å². The zero-order valence-corrected chi connectivity index (χ0v) is 12.3. The minimum absolute atomic E-state index is 0.254. The predicted molar refractivity (Wildman–Crippen MR) is 73.8 cm³/mol. The first kappa shape index (κ1) is 13.7. The number of hydrogen-bond donors (Lipinski definition) is 1. The maximum absolute atomic E-state index is 13.9. The predicted octanol–water partition coefficient (Wildman–Crippen LogP) is 2.59. The third kappa shape index (κ3) is 2.14. The van der Waals surface area contributed by atoms with Crippen LogP contribution >= 0.6 is 15.9 Å². The molecular formula is C12H13BrFN3O2. The normalized spacial score (nSPS) is 10.6. The molecule has 0 aliphatic rings. The molecule has 1 aromatic carbocycles. The smallest absolute Gasteiger partial charge is 0.170 e. The van der Waals surface area contributed by atoms with E-state index in [-0.39, 0.29) is 4.47 Å². The van der Waals surface area contributed by atoms with E-state index in [1.165, 1.54) is 25.0 Å². The van der Waals surface area contributed by atoms with Crippen LogP contribution in [-0.2, 0) is 7.05 Å². The number of ether oxygens (including phenoxy) is 2. The van der Waals surface area contributed by atoms with Crippen LogP contribution in [0.2, 0.25) is 0 Å². The maximum Gasteiger partial charge on any atom is 0.170 e. The Morgan fingerprint density at radius 2 is 2.05 bits per heavy atom. The van der Waals surface area contributed by atoms with Gasteiger partial charge < -0.3 is 15.2 Å². The van der Waals surface area contributed by atoms with Gasteiger partial charge in [-0.25, -0.2) is 4.39 Å². The Labute approximate surface area is 118 Å². The van der Waals surface area contributed by atoms with E-state index in [0.29, 0.717) is 28.4 Å². The highest BCUT2D eigenvalue weighted by molar-refractivity contribution is 9.10. The summed E-state index contributed by atoms with van der Waals surface area (Å²) < 4.78 is 26.1. The summed E-state index contributed by atoms with van der Waals surface area (Å²) in [5.74, 6) is 0.638. The van der Waals surface area contributed by atoms with E-state index in [4.69, 9.17) is 15.2 Å². The number of hydrogen-bond acceptors (Lipinski definition) is 4. The minimum Gasteiger partial charge on any atom is -0.493 e. The second kappa shape index (κ2) is 5.08. The zero-order valence-electron chi connectivity index (χ0n) is 10.7. The molecule has 0 aliphatic carbocycles. The van der Waals surface area contributed by atoms with Gasteiger partial charge in [-0.3, -0.25) is 4.68 Å². The van der Waals surface area contributed by atoms with Crippen LogP contribution in [0.1, 0.15) is 0 Å². The van der Waals surface area contributed by atoms with Gasteiger partial charge in [0.1, 0.15) is 11.6 Å². The molecule has 0 amide bonds. The Morgan fingerprint density at radius 3 is 2.53 bits per heavy atom. The molecule has 0 fully saturated rings. The van der Waals surface area contributed by atoms with E-state index in [9.17, 15) is 4.39 Å². The summed E-state index contributed by atoms with van der Waals surface area (Å²) >= 11 is 3.21. The van der Waals surface area contributed by atoms with Crippen LogP contribution in [-0.4, -0.2) is 24.0 Å². The van der Waals surface area contributed by atoms with E-state index >= 15 is 0 Å². The van der Waals surface area contributed by atoms with Crippen LogP contribution in [0.4, 0.5) is 10.2 Å². The van der Waals surface area contributed by atoms with Crippen molar-refractivity contribution < 1.29 is 13.9 Å². The second-order valence-electron chi connectivity index (χ2n) is 3.85. The first-order valence-electron chi connectivity index (χ1n) is 5.39. The highest BCUT2D eigenvalue weighted by Crippen LogP contribution is 2.45. The highest BCUT2D eigenvalue weighted by atomic mass is 79.9. The first-order valence-corrected chi connectivity index (χ1v) is 6.18. The average molecular weight is 330 g/mol. The number of methoxy groups -OCH3 is 2. The van der Waals surface area contributed by atoms with Crippen molar-refractivity contribution in [3.8, 4) is 22.6 Å². The van der Waals surface area contributed by atoms with Gasteiger partial charge in [0, 0.05) is 18.7 Å². The molecule has 0 saturated heterocycles. The SMILES string of the molecule is COc1cc(F)c(Br)c(-c2cnn(C)c2N)c1OC. The van der Waals surface area contributed by atoms with Crippen molar-refractivity contribution in [2.24, 2.45) is 7.05 Å². The summed E-state index contributed by atoms with van der Waals surface area (Å²) in [7, 11) is 4.63. The molecule has 0 unspecified atom stereocenters. The third-order valence-corrected chi connectivity index (χ3v) is 3.59. The average Bonchev–Trinajstić information content (AvgIpc) is 2.72. The fourth-order valence-electron chi connectivity index (χ4n) is 1.82. The fourth-order valence-corrected chi connectivity index (χ4v) is 2.33. The van der Waals surface area contributed by atoms with Gasteiger partial charge in [0.05, 0.1) is 30.5 Å². The molecular weight excluding hydrogens is 317 g/mol. The number of anilines is 1. The summed E-state index contributed by atoms with van der Waals surface area (Å²) in [5, 5.41) is 4.05. The molecule has 0 spiro atoms. The summed E-state index contributed by atoms with van der Waals surface area (Å²) in [5.41, 5.74) is 6.98. The molecule has 0 aliphatic heterocycles. The lowest BCUT2D eigenvalue weighted by Gasteiger charge is -2.14. The molecule has 0 bridgehead atoms. The molecule has 102 valence electrons. The van der Waals surface area contributed by atoms with E-state index in [2.05, 4.69) is 21.0 Å². The number of nitrogens with zero attached hydrogens (tertiary/aromatic N) is 2. The van der Waals surface area contributed by atoms with Crippen LogP contribution in [0.15, 0.2) is 16.7 Å². The molecule has 0 saturated carbocycles. The van der Waals surface area contributed by atoms with Crippen molar-refractivity contribution in [3.63, 3.8) is 0 Å². The van der Waals surface area contributed by atoms with Gasteiger partial charge in [-0.1, -0.05) is 0 Å². The van der Waals surface area contributed by atoms with Crippen LogP contribution in [0.25, 0.3) is 11.1 Å². The number of nitrogens with two attached hydrogens (primary N) is 1. The number of aromatic nitrogens is 2. The van der Waals surface area contributed by atoms with Gasteiger partial charge >= 0.3 is 0 Å². The summed E-state index contributed by atoms with van der Waals surface area (Å²) in [6, 6.07) is 1.25. The number of halogens is 2. The van der Waals surface area contributed by atoms with Crippen LogP contribution in [0.3, 0.4) is 0 Å². The summed E-state index contributed by atoms with van der Waals surface area (Å²) in [6.07, 6.45) is 1.55. The van der Waals surface area contributed by atoms with Gasteiger partial charge in [-0.05, 0) is 15.9 Å². The molecule has 5 nitrogen and oxygen atoms in total. The lowest BCUT2D eigenvalue weighted by Crippen LogP contribution is -2.00. The zero-order chi connectivity index (χ0) is 14.2. The third-order valence-electron chi connectivity index (χ3n) is 2.82. The Balaban J connectivity index is 2.81. The van der Waals surface area contributed by atoms with Crippen molar-refractivity contribution in [2.45, 2.75) is 0 Å². The highest BCUT2D eigenvalue weighted by Gasteiger charge is 2.22. The van der Waals surface area contributed by atoms with Crippen LogP contribution in [0.5, 0.6) is 11.5 Å². The van der Waals surface area contributed by atoms with Gasteiger partial charge in [-0.15, -0.1) is 0 Å².